The van der Waals surface area contributed by atoms with Gasteiger partial charge >= 0.3 is 6.03 Å². The van der Waals surface area contributed by atoms with Gasteiger partial charge in [-0.1, -0.05) is 24.3 Å². The van der Waals surface area contributed by atoms with Crippen LogP contribution in [0.5, 0.6) is 5.75 Å². The summed E-state index contributed by atoms with van der Waals surface area (Å²) in [6, 6.07) is 12.7. The first-order chi connectivity index (χ1) is 11.6. The van der Waals surface area contributed by atoms with Gasteiger partial charge in [-0.3, -0.25) is 0 Å². The first-order valence-corrected chi connectivity index (χ1v) is 7.75. The molecule has 0 saturated heterocycles. The molecule has 0 bridgehead atoms. The highest BCUT2D eigenvalue weighted by molar-refractivity contribution is 5.73. The summed E-state index contributed by atoms with van der Waals surface area (Å²) in [7, 11) is 0. The van der Waals surface area contributed by atoms with Gasteiger partial charge in [0, 0.05) is 13.1 Å². The third-order valence-corrected chi connectivity index (χ3v) is 3.35. The Kier molecular flexibility index (Phi) is 6.57. The molecule has 0 radical (unpaired) electrons. The number of carbonyl (C=O) groups excluding carboxylic acids is 1. The van der Waals surface area contributed by atoms with E-state index < -0.39 is 18.0 Å². The summed E-state index contributed by atoms with van der Waals surface area (Å²) in [5.74, 6) is 0.323. The standard InChI is InChI=1S/C18H21FN2O3/c1-2-24-16-8-3-5-13(9-16)11-20-18(23)21-12-17(22)14-6-4-7-15(19)10-14/h3-10,17,22H,2,11-12H2,1H3,(H2,20,21,23)/t17-/m0/s1. The number of carbonyl (C=O) groups is 1. The molecule has 0 aliphatic heterocycles. The van der Waals surface area contributed by atoms with E-state index in [1.54, 1.807) is 6.07 Å². The van der Waals surface area contributed by atoms with E-state index in [4.69, 9.17) is 4.74 Å². The summed E-state index contributed by atoms with van der Waals surface area (Å²) >= 11 is 0. The van der Waals surface area contributed by atoms with Crippen LogP contribution in [-0.2, 0) is 6.54 Å². The molecule has 2 aromatic carbocycles. The SMILES string of the molecule is CCOc1cccc(CNC(=O)NC[C@H](O)c2cccc(F)c2)c1. The molecule has 128 valence electrons. The minimum absolute atomic E-state index is 0.00568. The van der Waals surface area contributed by atoms with E-state index in [9.17, 15) is 14.3 Å². The largest absolute Gasteiger partial charge is 0.494 e. The zero-order valence-corrected chi connectivity index (χ0v) is 13.5. The summed E-state index contributed by atoms with van der Waals surface area (Å²) < 4.78 is 18.5. The second-order valence-electron chi connectivity index (χ2n) is 5.21. The van der Waals surface area contributed by atoms with Crippen molar-refractivity contribution in [2.75, 3.05) is 13.2 Å². The van der Waals surface area contributed by atoms with Crippen LogP contribution in [0.15, 0.2) is 48.5 Å². The summed E-state index contributed by atoms with van der Waals surface area (Å²) in [6.07, 6.45) is -0.965. The molecule has 0 unspecified atom stereocenters. The van der Waals surface area contributed by atoms with Crippen molar-refractivity contribution in [3.05, 3.63) is 65.5 Å². The molecular weight excluding hydrogens is 311 g/mol. The molecule has 0 spiro atoms. The molecule has 2 amide bonds. The van der Waals surface area contributed by atoms with Gasteiger partial charge < -0.3 is 20.5 Å². The Hall–Kier alpha value is -2.60. The minimum atomic E-state index is -0.965. The fourth-order valence-electron chi connectivity index (χ4n) is 2.18. The van der Waals surface area contributed by atoms with Crippen LogP contribution in [0.2, 0.25) is 0 Å². The topological polar surface area (TPSA) is 70.6 Å². The second kappa shape index (κ2) is 8.88. The molecule has 2 aromatic rings. The van der Waals surface area contributed by atoms with E-state index in [1.165, 1.54) is 18.2 Å². The predicted octanol–water partition coefficient (Wildman–Crippen LogP) is 2.76. The summed E-state index contributed by atoms with van der Waals surface area (Å²) in [6.45, 7) is 2.81. The van der Waals surface area contributed by atoms with Gasteiger partial charge in [0.1, 0.15) is 11.6 Å². The average molecular weight is 332 g/mol. The number of urea groups is 1. The molecule has 24 heavy (non-hydrogen) atoms. The quantitative estimate of drug-likeness (QED) is 0.730. The van der Waals surface area contributed by atoms with Crippen molar-refractivity contribution in [3.8, 4) is 5.75 Å². The second-order valence-corrected chi connectivity index (χ2v) is 5.21. The van der Waals surface area contributed by atoms with Crippen molar-refractivity contribution < 1.29 is 19.0 Å². The fraction of sp³-hybridized carbons (Fsp3) is 0.278. The Morgan fingerprint density at radius 1 is 1.21 bits per heavy atom. The normalized spacial score (nSPS) is 11.6. The molecule has 0 aliphatic carbocycles. The van der Waals surface area contributed by atoms with Crippen LogP contribution in [-0.4, -0.2) is 24.3 Å². The van der Waals surface area contributed by atoms with E-state index in [1.807, 2.05) is 31.2 Å². The minimum Gasteiger partial charge on any atom is -0.494 e. The molecule has 3 N–H and O–H groups in total. The van der Waals surface area contributed by atoms with E-state index in [-0.39, 0.29) is 6.54 Å². The monoisotopic (exact) mass is 332 g/mol. The van der Waals surface area contributed by atoms with Crippen LogP contribution < -0.4 is 15.4 Å². The van der Waals surface area contributed by atoms with Crippen LogP contribution in [0.1, 0.15) is 24.2 Å². The zero-order chi connectivity index (χ0) is 17.4. The lowest BCUT2D eigenvalue weighted by molar-refractivity contribution is 0.172. The van der Waals surface area contributed by atoms with Crippen molar-refractivity contribution in [2.45, 2.75) is 19.6 Å². The van der Waals surface area contributed by atoms with Gasteiger partial charge in [-0.05, 0) is 42.3 Å². The van der Waals surface area contributed by atoms with Crippen molar-refractivity contribution in [1.82, 2.24) is 10.6 Å². The van der Waals surface area contributed by atoms with Crippen molar-refractivity contribution in [2.24, 2.45) is 0 Å². The first-order valence-electron chi connectivity index (χ1n) is 7.75. The molecular formula is C18H21FN2O3. The van der Waals surface area contributed by atoms with Crippen LogP contribution in [0, 0.1) is 5.82 Å². The summed E-state index contributed by atoms with van der Waals surface area (Å²) in [5.41, 5.74) is 1.32. The van der Waals surface area contributed by atoms with Crippen LogP contribution in [0.3, 0.4) is 0 Å². The number of rotatable bonds is 7. The Morgan fingerprint density at radius 2 is 2.00 bits per heavy atom. The molecule has 0 fully saturated rings. The van der Waals surface area contributed by atoms with Gasteiger partial charge in [0.05, 0.1) is 12.7 Å². The van der Waals surface area contributed by atoms with Gasteiger partial charge in [-0.15, -0.1) is 0 Å². The van der Waals surface area contributed by atoms with Crippen molar-refractivity contribution >= 4 is 6.03 Å². The molecule has 6 heteroatoms. The Balaban J connectivity index is 1.78. The number of ether oxygens (including phenoxy) is 1. The van der Waals surface area contributed by atoms with Gasteiger partial charge in [-0.25, -0.2) is 9.18 Å². The maximum absolute atomic E-state index is 13.1. The highest BCUT2D eigenvalue weighted by atomic mass is 19.1. The first kappa shape index (κ1) is 17.7. The molecule has 0 aliphatic rings. The maximum atomic E-state index is 13.1. The van der Waals surface area contributed by atoms with E-state index in [2.05, 4.69) is 10.6 Å². The molecule has 0 saturated carbocycles. The Labute approximate surface area is 140 Å². The number of nitrogens with one attached hydrogen (secondary N) is 2. The molecule has 1 atom stereocenters. The Morgan fingerprint density at radius 3 is 2.75 bits per heavy atom. The number of amides is 2. The third kappa shape index (κ3) is 5.55. The lowest BCUT2D eigenvalue weighted by atomic mass is 10.1. The van der Waals surface area contributed by atoms with Crippen LogP contribution in [0.25, 0.3) is 0 Å². The third-order valence-electron chi connectivity index (χ3n) is 3.35. The predicted molar refractivity (Wildman–Crippen MR) is 89.2 cm³/mol. The number of aliphatic hydroxyl groups is 1. The number of benzene rings is 2. The van der Waals surface area contributed by atoms with Gasteiger partial charge in [-0.2, -0.15) is 0 Å². The van der Waals surface area contributed by atoms with E-state index >= 15 is 0 Å². The molecule has 0 aromatic heterocycles. The Bertz CT molecular complexity index is 679. The lowest BCUT2D eigenvalue weighted by Crippen LogP contribution is -2.37. The number of hydrogen-bond acceptors (Lipinski definition) is 3. The van der Waals surface area contributed by atoms with Crippen molar-refractivity contribution in [1.29, 1.82) is 0 Å². The smallest absolute Gasteiger partial charge is 0.315 e. The zero-order valence-electron chi connectivity index (χ0n) is 13.5. The molecule has 2 rings (SSSR count). The summed E-state index contributed by atoms with van der Waals surface area (Å²) in [5, 5.41) is 15.2. The average Bonchev–Trinajstić information content (AvgIpc) is 2.58. The lowest BCUT2D eigenvalue weighted by Gasteiger charge is -2.13. The van der Waals surface area contributed by atoms with Gasteiger partial charge in [0.2, 0.25) is 0 Å². The number of halogens is 1. The van der Waals surface area contributed by atoms with Crippen molar-refractivity contribution in [3.63, 3.8) is 0 Å². The number of hydrogen-bond donors (Lipinski definition) is 3. The highest BCUT2D eigenvalue weighted by Crippen LogP contribution is 2.14. The maximum Gasteiger partial charge on any atom is 0.315 e. The fourth-order valence-corrected chi connectivity index (χ4v) is 2.18. The van der Waals surface area contributed by atoms with E-state index in [0.29, 0.717) is 18.7 Å². The molecule has 0 heterocycles. The molecule has 5 nitrogen and oxygen atoms in total. The van der Waals surface area contributed by atoms with E-state index in [0.717, 1.165) is 11.3 Å². The number of aliphatic hydroxyl groups excluding tert-OH is 1. The summed E-state index contributed by atoms with van der Waals surface area (Å²) in [4.78, 5) is 11.8. The van der Waals surface area contributed by atoms with Gasteiger partial charge in [0.25, 0.3) is 0 Å². The van der Waals surface area contributed by atoms with Crippen LogP contribution in [0.4, 0.5) is 9.18 Å². The van der Waals surface area contributed by atoms with Gasteiger partial charge in [0.15, 0.2) is 0 Å². The highest BCUT2D eigenvalue weighted by Gasteiger charge is 2.10. The van der Waals surface area contributed by atoms with Crippen LogP contribution >= 0.6 is 0 Å².